The normalized spacial score (nSPS) is 16.0. The van der Waals surface area contributed by atoms with E-state index in [9.17, 15) is 4.79 Å². The highest BCUT2D eigenvalue weighted by Crippen LogP contribution is 2.39. The van der Waals surface area contributed by atoms with Crippen molar-refractivity contribution in [2.75, 3.05) is 0 Å². The zero-order valence-corrected chi connectivity index (χ0v) is 7.55. The highest BCUT2D eigenvalue weighted by molar-refractivity contribution is 5.81. The molecule has 4 nitrogen and oxygen atoms in total. The van der Waals surface area contributed by atoms with Crippen LogP contribution in [0.15, 0.2) is 18.5 Å². The van der Waals surface area contributed by atoms with Crippen LogP contribution in [0.5, 0.6) is 0 Å². The third-order valence-corrected chi connectivity index (χ3v) is 2.51. The molecule has 70 valence electrons. The van der Waals surface area contributed by atoms with Gasteiger partial charge < -0.3 is 0 Å². The van der Waals surface area contributed by atoms with Crippen LogP contribution in [-0.4, -0.2) is 20.7 Å². The highest BCUT2D eigenvalue weighted by atomic mass is 16.1. The Bertz CT molecular complexity index is 499. The second kappa shape index (κ2) is 2.64. The highest BCUT2D eigenvalue weighted by Gasteiger charge is 2.29. The SMILES string of the molecule is O=Cc1nc(C2CC2)n2cccnc12. The Hall–Kier alpha value is -1.71. The van der Waals surface area contributed by atoms with Gasteiger partial charge in [0.25, 0.3) is 0 Å². The Kier molecular flexibility index (Phi) is 1.45. The van der Waals surface area contributed by atoms with Crippen LogP contribution in [0.1, 0.15) is 35.1 Å². The van der Waals surface area contributed by atoms with Crippen LogP contribution >= 0.6 is 0 Å². The van der Waals surface area contributed by atoms with Crippen molar-refractivity contribution in [1.82, 2.24) is 14.4 Å². The predicted molar refractivity (Wildman–Crippen MR) is 50.3 cm³/mol. The lowest BCUT2D eigenvalue weighted by Gasteiger charge is -1.95. The maximum Gasteiger partial charge on any atom is 0.172 e. The number of carbonyl (C=O) groups is 1. The summed E-state index contributed by atoms with van der Waals surface area (Å²) in [6, 6.07) is 1.86. The fraction of sp³-hybridized carbons (Fsp3) is 0.300. The van der Waals surface area contributed by atoms with Gasteiger partial charge >= 0.3 is 0 Å². The maximum absolute atomic E-state index is 10.8. The molecule has 1 saturated carbocycles. The van der Waals surface area contributed by atoms with Gasteiger partial charge in [-0.2, -0.15) is 0 Å². The molecule has 2 aromatic rings. The molecule has 3 rings (SSSR count). The number of hydrogen-bond acceptors (Lipinski definition) is 3. The number of fused-ring (bicyclic) bond motifs is 1. The molecule has 4 heteroatoms. The summed E-state index contributed by atoms with van der Waals surface area (Å²) in [5.41, 5.74) is 1.12. The van der Waals surface area contributed by atoms with Gasteiger partial charge in [-0.15, -0.1) is 0 Å². The van der Waals surface area contributed by atoms with Gasteiger partial charge in [0.1, 0.15) is 11.5 Å². The van der Waals surface area contributed by atoms with Crippen LogP contribution in [0.4, 0.5) is 0 Å². The van der Waals surface area contributed by atoms with Crippen molar-refractivity contribution in [3.8, 4) is 0 Å². The third kappa shape index (κ3) is 0.968. The topological polar surface area (TPSA) is 47.3 Å². The van der Waals surface area contributed by atoms with E-state index in [-0.39, 0.29) is 0 Å². The third-order valence-electron chi connectivity index (χ3n) is 2.51. The van der Waals surface area contributed by atoms with E-state index in [0.29, 0.717) is 17.3 Å². The van der Waals surface area contributed by atoms with Crippen LogP contribution in [-0.2, 0) is 0 Å². The average molecular weight is 187 g/mol. The summed E-state index contributed by atoms with van der Waals surface area (Å²) in [5.74, 6) is 1.51. The molecule has 0 N–H and O–H groups in total. The fourth-order valence-corrected chi connectivity index (χ4v) is 1.68. The average Bonchev–Trinajstić information content (AvgIpc) is 3.00. The lowest BCUT2D eigenvalue weighted by atomic mass is 10.4. The Balaban J connectivity index is 2.33. The summed E-state index contributed by atoms with van der Waals surface area (Å²) >= 11 is 0. The van der Waals surface area contributed by atoms with E-state index >= 15 is 0 Å². The van der Waals surface area contributed by atoms with Gasteiger partial charge in [-0.1, -0.05) is 0 Å². The van der Waals surface area contributed by atoms with Gasteiger partial charge in [0.05, 0.1) is 0 Å². The first-order valence-electron chi connectivity index (χ1n) is 4.68. The molecule has 2 aromatic heterocycles. The molecular formula is C10H9N3O. The molecule has 0 aliphatic heterocycles. The van der Waals surface area contributed by atoms with Crippen molar-refractivity contribution < 1.29 is 4.79 Å². The van der Waals surface area contributed by atoms with E-state index in [0.717, 1.165) is 12.1 Å². The van der Waals surface area contributed by atoms with Gasteiger partial charge in [-0.05, 0) is 18.9 Å². The Morgan fingerprint density at radius 3 is 3.07 bits per heavy atom. The van der Waals surface area contributed by atoms with Crippen LogP contribution in [0.25, 0.3) is 5.65 Å². The zero-order chi connectivity index (χ0) is 9.54. The van der Waals surface area contributed by atoms with Crippen LogP contribution < -0.4 is 0 Å². The van der Waals surface area contributed by atoms with Gasteiger partial charge in [0.15, 0.2) is 11.9 Å². The maximum atomic E-state index is 10.8. The quantitative estimate of drug-likeness (QED) is 0.668. The molecule has 1 aliphatic carbocycles. The smallest absolute Gasteiger partial charge is 0.172 e. The van der Waals surface area contributed by atoms with Crippen LogP contribution in [0.3, 0.4) is 0 Å². The van der Waals surface area contributed by atoms with E-state index in [1.54, 1.807) is 6.20 Å². The number of nitrogens with zero attached hydrogens (tertiary/aromatic N) is 3. The Morgan fingerprint density at radius 1 is 1.50 bits per heavy atom. The minimum absolute atomic E-state index is 0.451. The van der Waals surface area contributed by atoms with Crippen molar-refractivity contribution in [3.63, 3.8) is 0 Å². The second-order valence-corrected chi connectivity index (χ2v) is 3.56. The second-order valence-electron chi connectivity index (χ2n) is 3.56. The molecule has 1 aliphatic rings. The van der Waals surface area contributed by atoms with Crippen molar-refractivity contribution in [3.05, 3.63) is 30.0 Å². The summed E-state index contributed by atoms with van der Waals surface area (Å²) < 4.78 is 1.92. The molecule has 0 spiro atoms. The standard InChI is InChI=1S/C10H9N3O/c14-6-8-10-11-4-1-5-13(10)9(12-8)7-2-3-7/h1,4-7H,2-3H2. The van der Waals surface area contributed by atoms with Crippen LogP contribution in [0.2, 0.25) is 0 Å². The van der Waals surface area contributed by atoms with E-state index in [4.69, 9.17) is 0 Å². The van der Waals surface area contributed by atoms with Gasteiger partial charge in [0.2, 0.25) is 0 Å². The summed E-state index contributed by atoms with van der Waals surface area (Å²) in [4.78, 5) is 19.2. The number of imidazole rings is 1. The van der Waals surface area contributed by atoms with Crippen molar-refractivity contribution >= 4 is 11.9 Å². The van der Waals surface area contributed by atoms with Gasteiger partial charge in [0, 0.05) is 18.3 Å². The Morgan fingerprint density at radius 2 is 2.36 bits per heavy atom. The summed E-state index contributed by atoms with van der Waals surface area (Å²) in [7, 11) is 0. The number of aldehydes is 1. The number of carbonyl (C=O) groups excluding carboxylic acids is 1. The largest absolute Gasteiger partial charge is 0.296 e. The lowest BCUT2D eigenvalue weighted by molar-refractivity contribution is 0.112. The molecule has 0 saturated heterocycles. The van der Waals surface area contributed by atoms with Crippen LogP contribution in [0, 0.1) is 0 Å². The first-order chi connectivity index (χ1) is 6.90. The monoisotopic (exact) mass is 187 g/mol. The lowest BCUT2D eigenvalue weighted by Crippen LogP contribution is -1.91. The van der Waals surface area contributed by atoms with Crippen molar-refractivity contribution in [2.45, 2.75) is 18.8 Å². The molecule has 1 fully saturated rings. The summed E-state index contributed by atoms with van der Waals surface area (Å²) in [6.45, 7) is 0. The van der Waals surface area contributed by atoms with Gasteiger partial charge in [-0.3, -0.25) is 9.20 Å². The zero-order valence-electron chi connectivity index (χ0n) is 7.55. The first-order valence-corrected chi connectivity index (χ1v) is 4.68. The molecule has 0 amide bonds. The number of rotatable bonds is 2. The minimum Gasteiger partial charge on any atom is -0.296 e. The summed E-state index contributed by atoms with van der Waals surface area (Å²) in [6.07, 6.45) is 6.71. The molecule has 0 atom stereocenters. The van der Waals surface area contributed by atoms with Crippen molar-refractivity contribution in [1.29, 1.82) is 0 Å². The first kappa shape index (κ1) is 7.67. The number of aromatic nitrogens is 3. The van der Waals surface area contributed by atoms with E-state index in [2.05, 4.69) is 9.97 Å². The number of hydrogen-bond donors (Lipinski definition) is 0. The molecule has 14 heavy (non-hydrogen) atoms. The molecule has 0 bridgehead atoms. The fourth-order valence-electron chi connectivity index (χ4n) is 1.68. The minimum atomic E-state index is 0.451. The molecular weight excluding hydrogens is 178 g/mol. The molecule has 0 unspecified atom stereocenters. The molecule has 0 radical (unpaired) electrons. The van der Waals surface area contributed by atoms with Gasteiger partial charge in [-0.25, -0.2) is 9.97 Å². The van der Waals surface area contributed by atoms with E-state index in [1.165, 1.54) is 12.8 Å². The van der Waals surface area contributed by atoms with E-state index < -0.39 is 0 Å². The van der Waals surface area contributed by atoms with E-state index in [1.807, 2.05) is 16.7 Å². The molecule has 2 heterocycles. The summed E-state index contributed by atoms with van der Waals surface area (Å²) in [5, 5.41) is 0. The van der Waals surface area contributed by atoms with Crippen molar-refractivity contribution in [2.24, 2.45) is 0 Å². The molecule has 0 aromatic carbocycles. The predicted octanol–water partition coefficient (Wildman–Crippen LogP) is 1.42. The Labute approximate surface area is 80.6 Å².